The summed E-state index contributed by atoms with van der Waals surface area (Å²) in [5, 5.41) is 0. The van der Waals surface area contributed by atoms with Crippen LogP contribution in [0.25, 0.3) is 0 Å². The maximum absolute atomic E-state index is 12.5. The van der Waals surface area contributed by atoms with Gasteiger partial charge in [-0.05, 0) is 44.0 Å². The second-order valence-corrected chi connectivity index (χ2v) is 8.44. The highest BCUT2D eigenvalue weighted by molar-refractivity contribution is 7.92. The number of sulfonamides is 1. The van der Waals surface area contributed by atoms with E-state index in [2.05, 4.69) is 4.72 Å². The first-order valence-electron chi connectivity index (χ1n) is 8.57. The van der Waals surface area contributed by atoms with Gasteiger partial charge in [-0.3, -0.25) is 4.72 Å². The van der Waals surface area contributed by atoms with Crippen molar-refractivity contribution in [2.45, 2.75) is 49.7 Å². The van der Waals surface area contributed by atoms with Gasteiger partial charge in [0.2, 0.25) is 0 Å². The Morgan fingerprint density at radius 1 is 0.920 bits per heavy atom. The van der Waals surface area contributed by atoms with E-state index in [-0.39, 0.29) is 4.90 Å². The molecule has 0 unspecified atom stereocenters. The minimum atomic E-state index is -3.63. The molecule has 25 heavy (non-hydrogen) atoms. The molecular weight excluding hydrogens is 338 g/mol. The van der Waals surface area contributed by atoms with E-state index < -0.39 is 15.8 Å². The molecule has 0 aromatic heterocycles. The highest BCUT2D eigenvalue weighted by Gasteiger charge is 2.42. The molecule has 1 aliphatic heterocycles. The third-order valence-corrected chi connectivity index (χ3v) is 6.13. The van der Waals surface area contributed by atoms with Gasteiger partial charge in [-0.2, -0.15) is 0 Å². The molecule has 1 N–H and O–H groups in total. The monoisotopic (exact) mass is 359 g/mol. The average molecular weight is 359 g/mol. The molecule has 2 aliphatic rings. The summed E-state index contributed by atoms with van der Waals surface area (Å²) in [5.74, 6) is 0.723. The second-order valence-electron chi connectivity index (χ2n) is 6.76. The van der Waals surface area contributed by atoms with Gasteiger partial charge >= 0.3 is 0 Å². The van der Waals surface area contributed by atoms with Gasteiger partial charge in [-0.15, -0.1) is 0 Å². The lowest BCUT2D eigenvalue weighted by Crippen LogP contribution is -2.40. The molecule has 1 spiro atoms. The van der Waals surface area contributed by atoms with E-state index in [0.717, 1.165) is 31.2 Å². The van der Waals surface area contributed by atoms with Crippen molar-refractivity contribution in [3.8, 4) is 11.5 Å². The largest absolute Gasteiger partial charge is 0.448 e. The fraction of sp³-hybridized carbons (Fsp3) is 0.368. The van der Waals surface area contributed by atoms with Crippen LogP contribution in [0.15, 0.2) is 47.4 Å². The Morgan fingerprint density at radius 2 is 1.60 bits per heavy atom. The molecule has 2 aromatic rings. The topological polar surface area (TPSA) is 64.6 Å². The Hall–Kier alpha value is -2.21. The van der Waals surface area contributed by atoms with Gasteiger partial charge in [0.25, 0.3) is 15.8 Å². The lowest BCUT2D eigenvalue weighted by molar-refractivity contribution is -0.105. The molecule has 1 aliphatic carbocycles. The third-order valence-electron chi connectivity index (χ3n) is 4.73. The van der Waals surface area contributed by atoms with E-state index in [1.165, 1.54) is 6.42 Å². The van der Waals surface area contributed by atoms with Crippen LogP contribution in [0.3, 0.4) is 0 Å². The van der Waals surface area contributed by atoms with Crippen molar-refractivity contribution in [3.63, 3.8) is 0 Å². The summed E-state index contributed by atoms with van der Waals surface area (Å²) in [4.78, 5) is 0.236. The van der Waals surface area contributed by atoms with E-state index in [9.17, 15) is 8.42 Å². The van der Waals surface area contributed by atoms with Gasteiger partial charge in [0.15, 0.2) is 11.5 Å². The number of anilines is 1. The summed E-state index contributed by atoms with van der Waals surface area (Å²) in [6, 6.07) is 11.9. The summed E-state index contributed by atoms with van der Waals surface area (Å²) >= 11 is 0. The first-order valence-corrected chi connectivity index (χ1v) is 10.1. The number of nitrogens with one attached hydrogen (secondary N) is 1. The predicted molar refractivity (Wildman–Crippen MR) is 95.5 cm³/mol. The standard InChI is InChI=1S/C19H21NO4S/c1-14-5-8-16(9-6-14)25(21,22)20-15-7-10-17-18(13-15)24-19(23-17)11-3-2-4-12-19/h5-10,13,20H,2-4,11-12H2,1H3. The zero-order valence-corrected chi connectivity index (χ0v) is 14.9. The van der Waals surface area contributed by atoms with Crippen molar-refractivity contribution in [3.05, 3.63) is 48.0 Å². The van der Waals surface area contributed by atoms with Crippen molar-refractivity contribution < 1.29 is 17.9 Å². The molecular formula is C19H21NO4S. The zero-order valence-electron chi connectivity index (χ0n) is 14.1. The fourth-order valence-electron chi connectivity index (χ4n) is 3.38. The van der Waals surface area contributed by atoms with E-state index in [1.54, 1.807) is 42.5 Å². The Labute approximate surface area is 148 Å². The number of fused-ring (bicyclic) bond motifs is 1. The van der Waals surface area contributed by atoms with Gasteiger partial charge in [0.05, 0.1) is 10.6 Å². The minimum absolute atomic E-state index is 0.236. The quantitative estimate of drug-likeness (QED) is 0.891. The molecule has 6 heteroatoms. The Balaban J connectivity index is 1.56. The van der Waals surface area contributed by atoms with Crippen LogP contribution >= 0.6 is 0 Å². The first kappa shape index (κ1) is 16.3. The van der Waals surface area contributed by atoms with Crippen molar-refractivity contribution in [1.29, 1.82) is 0 Å². The van der Waals surface area contributed by atoms with Crippen LogP contribution < -0.4 is 14.2 Å². The van der Waals surface area contributed by atoms with Crippen LogP contribution in [-0.4, -0.2) is 14.2 Å². The molecule has 1 saturated carbocycles. The molecule has 1 fully saturated rings. The van der Waals surface area contributed by atoms with E-state index in [1.807, 2.05) is 6.92 Å². The molecule has 0 atom stereocenters. The normalized spacial score (nSPS) is 18.3. The highest BCUT2D eigenvalue weighted by Crippen LogP contribution is 2.46. The Bertz CT molecular complexity index is 884. The average Bonchev–Trinajstić information content (AvgIpc) is 2.92. The van der Waals surface area contributed by atoms with Gasteiger partial charge in [-0.25, -0.2) is 8.42 Å². The summed E-state index contributed by atoms with van der Waals surface area (Å²) < 4.78 is 39.7. The van der Waals surface area contributed by atoms with E-state index in [0.29, 0.717) is 17.2 Å². The van der Waals surface area contributed by atoms with Gasteiger partial charge in [0, 0.05) is 18.9 Å². The Kier molecular flexibility index (Phi) is 3.87. The Morgan fingerprint density at radius 3 is 2.32 bits per heavy atom. The van der Waals surface area contributed by atoms with Gasteiger partial charge in [-0.1, -0.05) is 24.1 Å². The highest BCUT2D eigenvalue weighted by atomic mass is 32.2. The van der Waals surface area contributed by atoms with Crippen molar-refractivity contribution in [2.24, 2.45) is 0 Å². The van der Waals surface area contributed by atoms with Crippen molar-refractivity contribution in [2.75, 3.05) is 4.72 Å². The summed E-state index contributed by atoms with van der Waals surface area (Å²) in [6.45, 7) is 1.92. The number of aryl methyl sites for hydroxylation is 1. The van der Waals surface area contributed by atoms with Crippen molar-refractivity contribution >= 4 is 15.7 Å². The van der Waals surface area contributed by atoms with Crippen LogP contribution in [0.2, 0.25) is 0 Å². The van der Waals surface area contributed by atoms with E-state index >= 15 is 0 Å². The number of hydrogen-bond acceptors (Lipinski definition) is 4. The zero-order chi connectivity index (χ0) is 17.5. The molecule has 0 saturated heterocycles. The SMILES string of the molecule is Cc1ccc(S(=O)(=O)Nc2ccc3c(c2)OC2(CCCCC2)O3)cc1. The number of hydrogen-bond donors (Lipinski definition) is 1. The molecule has 0 amide bonds. The van der Waals surface area contributed by atoms with Crippen LogP contribution in [0.1, 0.15) is 37.7 Å². The van der Waals surface area contributed by atoms with Crippen LogP contribution in [-0.2, 0) is 10.0 Å². The van der Waals surface area contributed by atoms with Crippen LogP contribution in [0.5, 0.6) is 11.5 Å². The summed E-state index contributed by atoms with van der Waals surface area (Å²) in [5.41, 5.74) is 1.48. The molecule has 2 aromatic carbocycles. The van der Waals surface area contributed by atoms with Crippen molar-refractivity contribution in [1.82, 2.24) is 0 Å². The maximum atomic E-state index is 12.5. The molecule has 5 nitrogen and oxygen atoms in total. The number of rotatable bonds is 3. The third kappa shape index (κ3) is 3.18. The lowest BCUT2D eigenvalue weighted by atomic mass is 9.94. The molecule has 0 bridgehead atoms. The summed E-state index contributed by atoms with van der Waals surface area (Å²) in [7, 11) is -3.63. The molecule has 0 radical (unpaired) electrons. The van der Waals surface area contributed by atoms with Crippen LogP contribution in [0, 0.1) is 6.92 Å². The van der Waals surface area contributed by atoms with E-state index in [4.69, 9.17) is 9.47 Å². The second kappa shape index (κ2) is 5.95. The van der Waals surface area contributed by atoms with Crippen LogP contribution in [0.4, 0.5) is 5.69 Å². The predicted octanol–water partition coefficient (Wildman–Crippen LogP) is 4.23. The summed E-state index contributed by atoms with van der Waals surface area (Å²) in [6.07, 6.45) is 5.10. The van der Waals surface area contributed by atoms with Gasteiger partial charge < -0.3 is 9.47 Å². The molecule has 4 rings (SSSR count). The minimum Gasteiger partial charge on any atom is -0.448 e. The number of ether oxygens (including phenoxy) is 2. The first-order chi connectivity index (χ1) is 12.0. The smallest absolute Gasteiger partial charge is 0.261 e. The molecule has 132 valence electrons. The maximum Gasteiger partial charge on any atom is 0.261 e. The number of benzene rings is 2. The molecule has 1 heterocycles. The van der Waals surface area contributed by atoms with Gasteiger partial charge in [0.1, 0.15) is 0 Å². The fourth-order valence-corrected chi connectivity index (χ4v) is 4.43. The lowest BCUT2D eigenvalue weighted by Gasteiger charge is -2.31.